The molecule has 0 saturated heterocycles. The molecule has 0 atom stereocenters. The lowest BCUT2D eigenvalue weighted by atomic mass is 10.2. The lowest BCUT2D eigenvalue weighted by molar-refractivity contribution is 0.289. The largest absolute Gasteiger partial charge is 0.486 e. The zero-order chi connectivity index (χ0) is 21.6. The minimum absolute atomic E-state index is 0.317. The molecule has 0 fully saturated rings. The number of nitrogens with zero attached hydrogens (tertiary/aromatic N) is 4. The summed E-state index contributed by atoms with van der Waals surface area (Å²) in [4.78, 5) is 4.75. The molecule has 4 rings (SSSR count). The Morgan fingerprint density at radius 2 is 2.03 bits per heavy atom. The molecule has 158 valence electrons. The Kier molecular flexibility index (Phi) is 7.06. The molecular formula is C23H21ClN4OS2. The zero-order valence-electron chi connectivity index (χ0n) is 17.0. The zero-order valence-corrected chi connectivity index (χ0v) is 19.4. The highest BCUT2D eigenvalue weighted by atomic mass is 35.5. The summed E-state index contributed by atoms with van der Waals surface area (Å²) in [5, 5.41) is 13.3. The first-order valence-electron chi connectivity index (χ1n) is 9.68. The van der Waals surface area contributed by atoms with Gasteiger partial charge in [0.1, 0.15) is 17.4 Å². The van der Waals surface area contributed by atoms with Gasteiger partial charge in [0.2, 0.25) is 0 Å². The average Bonchev–Trinajstić information content (AvgIpc) is 3.41. The van der Waals surface area contributed by atoms with Crippen molar-refractivity contribution in [2.24, 2.45) is 0 Å². The van der Waals surface area contributed by atoms with Gasteiger partial charge in [-0.05, 0) is 30.7 Å². The van der Waals surface area contributed by atoms with E-state index in [0.29, 0.717) is 13.2 Å². The second kappa shape index (κ2) is 10.1. The van der Waals surface area contributed by atoms with E-state index in [4.69, 9.17) is 21.3 Å². The Hall–Kier alpha value is -2.61. The smallest absolute Gasteiger partial charge is 0.191 e. The molecule has 4 aromatic rings. The highest BCUT2D eigenvalue weighted by Gasteiger charge is 2.14. The van der Waals surface area contributed by atoms with Gasteiger partial charge in [0, 0.05) is 28.3 Å². The molecule has 5 nitrogen and oxygen atoms in total. The van der Waals surface area contributed by atoms with Crippen LogP contribution in [0.15, 0.2) is 71.7 Å². The van der Waals surface area contributed by atoms with E-state index < -0.39 is 0 Å². The van der Waals surface area contributed by atoms with Gasteiger partial charge >= 0.3 is 0 Å². The van der Waals surface area contributed by atoms with Crippen molar-refractivity contribution in [2.75, 3.05) is 0 Å². The third-order valence-corrected chi connectivity index (χ3v) is 6.89. The maximum Gasteiger partial charge on any atom is 0.191 e. The van der Waals surface area contributed by atoms with Crippen LogP contribution in [0.4, 0.5) is 0 Å². The van der Waals surface area contributed by atoms with Crippen LogP contribution in [-0.2, 0) is 18.9 Å². The second-order valence-electron chi connectivity index (χ2n) is 6.80. The molecule has 2 aromatic heterocycles. The predicted octanol–water partition coefficient (Wildman–Crippen LogP) is 6.42. The van der Waals surface area contributed by atoms with Gasteiger partial charge in [0.15, 0.2) is 11.0 Å². The number of hydrogen-bond acceptors (Lipinski definition) is 6. The molecule has 8 heteroatoms. The number of benzene rings is 2. The summed E-state index contributed by atoms with van der Waals surface area (Å²) in [7, 11) is 0. The molecule has 0 saturated carbocycles. The van der Waals surface area contributed by atoms with Gasteiger partial charge in [0.05, 0.1) is 5.69 Å². The van der Waals surface area contributed by atoms with Gasteiger partial charge in [-0.1, -0.05) is 59.8 Å². The maximum absolute atomic E-state index is 6.09. The Balaban J connectivity index is 1.43. The van der Waals surface area contributed by atoms with Crippen LogP contribution in [0.5, 0.6) is 5.75 Å². The molecule has 2 aromatic carbocycles. The highest BCUT2D eigenvalue weighted by Crippen LogP contribution is 2.28. The number of thioether (sulfide) groups is 1. The normalized spacial score (nSPS) is 10.9. The molecular weight excluding hydrogens is 448 g/mol. The van der Waals surface area contributed by atoms with Crippen LogP contribution in [0.3, 0.4) is 0 Å². The molecule has 0 aliphatic rings. The Bertz CT molecular complexity index is 1170. The summed E-state index contributed by atoms with van der Waals surface area (Å²) < 4.78 is 7.93. The van der Waals surface area contributed by atoms with Crippen LogP contribution < -0.4 is 4.74 Å². The van der Waals surface area contributed by atoms with Crippen LogP contribution in [0.25, 0.3) is 10.6 Å². The fourth-order valence-corrected chi connectivity index (χ4v) is 4.83. The summed E-state index contributed by atoms with van der Waals surface area (Å²) in [5.74, 6) is 2.22. The van der Waals surface area contributed by atoms with Gasteiger partial charge < -0.3 is 4.74 Å². The second-order valence-corrected chi connectivity index (χ2v) is 9.00. The lowest BCUT2D eigenvalue weighted by Crippen LogP contribution is -2.07. The topological polar surface area (TPSA) is 52.8 Å². The number of aromatic nitrogens is 4. The SMILES string of the molecule is C=CCn1c(COc2ccc(Cl)c(C)c2)nnc1SCc1csc(-c2ccccc2)n1. The van der Waals surface area contributed by atoms with E-state index in [-0.39, 0.29) is 0 Å². The number of hydrogen-bond donors (Lipinski definition) is 0. The summed E-state index contributed by atoms with van der Waals surface area (Å²) in [6, 6.07) is 15.8. The fourth-order valence-electron chi connectivity index (χ4n) is 2.92. The quantitative estimate of drug-likeness (QED) is 0.209. The number of ether oxygens (including phenoxy) is 1. The van der Waals surface area contributed by atoms with Crippen molar-refractivity contribution in [1.29, 1.82) is 0 Å². The molecule has 2 heterocycles. The van der Waals surface area contributed by atoms with Crippen molar-refractivity contribution < 1.29 is 4.74 Å². The molecule has 0 aliphatic heterocycles. The summed E-state index contributed by atoms with van der Waals surface area (Å²) in [5.41, 5.74) is 3.13. The highest BCUT2D eigenvalue weighted by molar-refractivity contribution is 7.98. The van der Waals surface area contributed by atoms with Crippen LogP contribution in [0.2, 0.25) is 5.02 Å². The van der Waals surface area contributed by atoms with E-state index in [2.05, 4.69) is 34.3 Å². The first-order valence-corrected chi connectivity index (χ1v) is 11.9. The van der Waals surface area contributed by atoms with Crippen molar-refractivity contribution in [3.63, 3.8) is 0 Å². The minimum Gasteiger partial charge on any atom is -0.486 e. The summed E-state index contributed by atoms with van der Waals surface area (Å²) in [6.45, 7) is 6.74. The third kappa shape index (κ3) is 5.36. The van der Waals surface area contributed by atoms with Crippen LogP contribution in [0, 0.1) is 6.92 Å². The molecule has 31 heavy (non-hydrogen) atoms. The Morgan fingerprint density at radius 3 is 2.81 bits per heavy atom. The molecule has 0 radical (unpaired) electrons. The van der Waals surface area contributed by atoms with Crippen molar-refractivity contribution in [1.82, 2.24) is 19.7 Å². The van der Waals surface area contributed by atoms with Gasteiger partial charge in [0.25, 0.3) is 0 Å². The average molecular weight is 469 g/mol. The van der Waals surface area contributed by atoms with Gasteiger partial charge in [-0.2, -0.15) is 0 Å². The standard InChI is InChI=1S/C23H21ClN4OS2/c1-3-11-28-21(13-29-19-9-10-20(24)16(2)12-19)26-27-23(28)31-15-18-14-30-22(25-18)17-7-5-4-6-8-17/h3-10,12,14H,1,11,13,15H2,2H3. The fraction of sp³-hybridized carbons (Fsp3) is 0.174. The Labute approximate surface area is 194 Å². The van der Waals surface area contributed by atoms with E-state index >= 15 is 0 Å². The predicted molar refractivity (Wildman–Crippen MR) is 128 cm³/mol. The number of allylic oxidation sites excluding steroid dienone is 1. The number of rotatable bonds is 9. The van der Waals surface area contributed by atoms with E-state index in [1.54, 1.807) is 23.1 Å². The van der Waals surface area contributed by atoms with Gasteiger partial charge in [-0.25, -0.2) is 4.98 Å². The first-order chi connectivity index (χ1) is 15.1. The van der Waals surface area contributed by atoms with Crippen LogP contribution in [0.1, 0.15) is 17.1 Å². The van der Waals surface area contributed by atoms with Crippen molar-refractivity contribution in [3.8, 4) is 16.3 Å². The van der Waals surface area contributed by atoms with E-state index in [0.717, 1.165) is 49.3 Å². The molecule has 0 bridgehead atoms. The molecule has 0 aliphatic carbocycles. The first kappa shape index (κ1) is 21.6. The Morgan fingerprint density at radius 1 is 1.19 bits per heavy atom. The van der Waals surface area contributed by atoms with E-state index in [1.165, 1.54) is 0 Å². The maximum atomic E-state index is 6.09. The number of halogens is 1. The lowest BCUT2D eigenvalue weighted by Gasteiger charge is -2.09. The number of thiazole rings is 1. The van der Waals surface area contributed by atoms with Crippen molar-refractivity contribution >= 4 is 34.7 Å². The van der Waals surface area contributed by atoms with Crippen molar-refractivity contribution in [2.45, 2.75) is 31.0 Å². The van der Waals surface area contributed by atoms with E-state index in [1.807, 2.05) is 54.0 Å². The third-order valence-electron chi connectivity index (χ3n) is 4.52. The number of aryl methyl sites for hydroxylation is 1. The summed E-state index contributed by atoms with van der Waals surface area (Å²) in [6.07, 6.45) is 1.83. The molecule has 0 amide bonds. The van der Waals surface area contributed by atoms with Crippen LogP contribution >= 0.6 is 34.7 Å². The van der Waals surface area contributed by atoms with Gasteiger partial charge in [-0.3, -0.25) is 4.57 Å². The van der Waals surface area contributed by atoms with Gasteiger partial charge in [-0.15, -0.1) is 28.1 Å². The molecule has 0 unspecified atom stereocenters. The molecule has 0 spiro atoms. The monoisotopic (exact) mass is 468 g/mol. The minimum atomic E-state index is 0.317. The van der Waals surface area contributed by atoms with E-state index in [9.17, 15) is 0 Å². The molecule has 0 N–H and O–H groups in total. The summed E-state index contributed by atoms with van der Waals surface area (Å²) >= 11 is 9.35. The van der Waals surface area contributed by atoms with Crippen LogP contribution in [-0.4, -0.2) is 19.7 Å². The van der Waals surface area contributed by atoms with Crippen molar-refractivity contribution in [3.05, 3.63) is 88.7 Å².